The van der Waals surface area contributed by atoms with E-state index >= 15 is 0 Å². The molecule has 102 valence electrons. The Bertz CT molecular complexity index is 497. The van der Waals surface area contributed by atoms with Gasteiger partial charge in [0.05, 0.1) is 0 Å². The number of carbonyl (C=O) groups is 2. The largest absolute Gasteiger partial charge is 0.461 e. The summed E-state index contributed by atoms with van der Waals surface area (Å²) in [7, 11) is 0. The van der Waals surface area contributed by atoms with E-state index in [1.165, 1.54) is 6.08 Å². The standard InChI is InChI=1S/C12H15N3O4/c1-3-6-18-11(17)9-7-15(5-4-10(9)16)12-14-13-8(2)19-12/h3,9H,1,4-7H2,2H3. The van der Waals surface area contributed by atoms with Gasteiger partial charge >= 0.3 is 12.0 Å². The first-order valence-electron chi connectivity index (χ1n) is 5.97. The molecule has 2 heterocycles. The smallest absolute Gasteiger partial charge is 0.318 e. The van der Waals surface area contributed by atoms with Gasteiger partial charge in [0.1, 0.15) is 12.5 Å². The molecule has 1 aliphatic rings. The SMILES string of the molecule is C=CCOC(=O)C1CN(c2nnc(C)o2)CCC1=O. The number of ketones is 1. The van der Waals surface area contributed by atoms with Gasteiger partial charge in [-0.3, -0.25) is 9.59 Å². The number of rotatable bonds is 4. The normalized spacial score (nSPS) is 19.3. The van der Waals surface area contributed by atoms with Crippen molar-refractivity contribution in [2.45, 2.75) is 13.3 Å². The number of ether oxygens (including phenoxy) is 1. The fourth-order valence-electron chi connectivity index (χ4n) is 1.87. The van der Waals surface area contributed by atoms with Crippen LogP contribution in [0.5, 0.6) is 0 Å². The molecule has 0 aliphatic carbocycles. The van der Waals surface area contributed by atoms with Gasteiger partial charge in [-0.2, -0.15) is 0 Å². The highest BCUT2D eigenvalue weighted by Gasteiger charge is 2.35. The van der Waals surface area contributed by atoms with Crippen molar-refractivity contribution >= 4 is 17.8 Å². The number of Topliss-reactive ketones (excluding diaryl/α,β-unsaturated/α-hetero) is 1. The number of piperidine rings is 1. The van der Waals surface area contributed by atoms with Crippen LogP contribution in [0, 0.1) is 12.8 Å². The number of aromatic nitrogens is 2. The van der Waals surface area contributed by atoms with E-state index in [1.54, 1.807) is 11.8 Å². The Labute approximate surface area is 110 Å². The van der Waals surface area contributed by atoms with Crippen LogP contribution >= 0.6 is 0 Å². The first-order chi connectivity index (χ1) is 9.11. The van der Waals surface area contributed by atoms with Crippen LogP contribution in [-0.2, 0) is 14.3 Å². The van der Waals surface area contributed by atoms with Crippen molar-refractivity contribution in [2.75, 3.05) is 24.6 Å². The summed E-state index contributed by atoms with van der Waals surface area (Å²) in [5, 5.41) is 7.61. The van der Waals surface area contributed by atoms with Crippen molar-refractivity contribution in [1.29, 1.82) is 0 Å². The third-order valence-electron chi connectivity index (χ3n) is 2.83. The number of nitrogens with zero attached hydrogens (tertiary/aromatic N) is 3. The van der Waals surface area contributed by atoms with Crippen molar-refractivity contribution in [3.05, 3.63) is 18.5 Å². The summed E-state index contributed by atoms with van der Waals surface area (Å²) in [5.74, 6) is -1.02. The molecule has 2 rings (SSSR count). The third kappa shape index (κ3) is 2.98. The van der Waals surface area contributed by atoms with E-state index in [2.05, 4.69) is 16.8 Å². The molecule has 1 saturated heterocycles. The first kappa shape index (κ1) is 13.3. The molecule has 7 heteroatoms. The molecular weight excluding hydrogens is 250 g/mol. The Kier molecular flexibility index (Phi) is 3.94. The Balaban J connectivity index is 2.05. The van der Waals surface area contributed by atoms with E-state index in [9.17, 15) is 9.59 Å². The van der Waals surface area contributed by atoms with E-state index < -0.39 is 11.9 Å². The zero-order valence-electron chi connectivity index (χ0n) is 10.7. The molecule has 1 aromatic rings. The summed E-state index contributed by atoms with van der Waals surface area (Å²) in [5.41, 5.74) is 0. The Morgan fingerprint density at radius 2 is 2.42 bits per heavy atom. The molecule has 19 heavy (non-hydrogen) atoms. The van der Waals surface area contributed by atoms with Crippen molar-refractivity contribution < 1.29 is 18.7 Å². The van der Waals surface area contributed by atoms with Gasteiger partial charge in [-0.05, 0) is 0 Å². The minimum atomic E-state index is -0.805. The molecule has 0 saturated carbocycles. The number of aryl methyl sites for hydroxylation is 1. The Hall–Kier alpha value is -2.18. The molecule has 7 nitrogen and oxygen atoms in total. The first-order valence-corrected chi connectivity index (χ1v) is 5.97. The van der Waals surface area contributed by atoms with Crippen LogP contribution in [-0.4, -0.2) is 41.6 Å². The van der Waals surface area contributed by atoms with Gasteiger partial charge < -0.3 is 14.1 Å². The fourth-order valence-corrected chi connectivity index (χ4v) is 1.87. The van der Waals surface area contributed by atoms with E-state index in [0.717, 1.165) is 0 Å². The van der Waals surface area contributed by atoms with Crippen molar-refractivity contribution in [3.8, 4) is 0 Å². The summed E-state index contributed by atoms with van der Waals surface area (Å²) in [6.45, 7) is 5.91. The maximum absolute atomic E-state index is 11.8. The van der Waals surface area contributed by atoms with Crippen molar-refractivity contribution in [3.63, 3.8) is 0 Å². The fraction of sp³-hybridized carbons (Fsp3) is 0.500. The highest BCUT2D eigenvalue weighted by atomic mass is 16.5. The van der Waals surface area contributed by atoms with Gasteiger partial charge in [0.15, 0.2) is 5.78 Å². The zero-order valence-corrected chi connectivity index (χ0v) is 10.7. The maximum Gasteiger partial charge on any atom is 0.318 e. The average molecular weight is 265 g/mol. The second kappa shape index (κ2) is 5.64. The molecule has 0 N–H and O–H groups in total. The van der Waals surface area contributed by atoms with E-state index in [1.807, 2.05) is 0 Å². The van der Waals surface area contributed by atoms with E-state index in [-0.39, 0.29) is 25.4 Å². The lowest BCUT2D eigenvalue weighted by Gasteiger charge is -2.28. The number of anilines is 1. The quantitative estimate of drug-likeness (QED) is 0.445. The van der Waals surface area contributed by atoms with Crippen LogP contribution in [0.1, 0.15) is 12.3 Å². The molecule has 0 spiro atoms. The number of hydrogen-bond donors (Lipinski definition) is 0. The molecule has 0 amide bonds. The van der Waals surface area contributed by atoms with Gasteiger partial charge in [0, 0.05) is 26.4 Å². The van der Waals surface area contributed by atoms with E-state index in [0.29, 0.717) is 18.5 Å². The van der Waals surface area contributed by atoms with Crippen LogP contribution in [0.2, 0.25) is 0 Å². The number of carbonyl (C=O) groups excluding carboxylic acids is 2. The molecule has 0 radical (unpaired) electrons. The predicted molar refractivity (Wildman–Crippen MR) is 65.5 cm³/mol. The maximum atomic E-state index is 11.8. The molecular formula is C12H15N3O4. The monoisotopic (exact) mass is 265 g/mol. The summed E-state index contributed by atoms with van der Waals surface area (Å²) in [6.07, 6.45) is 1.72. The second-order valence-electron chi connectivity index (χ2n) is 4.24. The average Bonchev–Trinajstić information content (AvgIpc) is 2.83. The lowest BCUT2D eigenvalue weighted by molar-refractivity contribution is -0.151. The summed E-state index contributed by atoms with van der Waals surface area (Å²) in [6, 6.07) is 0.325. The van der Waals surface area contributed by atoms with Gasteiger partial charge in [-0.15, -0.1) is 5.10 Å². The van der Waals surface area contributed by atoms with Crippen LogP contribution in [0.3, 0.4) is 0 Å². The van der Waals surface area contributed by atoms with Crippen LogP contribution in [0.4, 0.5) is 6.01 Å². The van der Waals surface area contributed by atoms with Crippen LogP contribution in [0.15, 0.2) is 17.1 Å². The molecule has 0 aromatic carbocycles. The zero-order chi connectivity index (χ0) is 13.8. The van der Waals surface area contributed by atoms with Gasteiger partial charge in [-0.25, -0.2) is 0 Å². The summed E-state index contributed by atoms with van der Waals surface area (Å²) in [4.78, 5) is 25.2. The Morgan fingerprint density at radius 1 is 1.63 bits per heavy atom. The minimum absolute atomic E-state index is 0.0995. The summed E-state index contributed by atoms with van der Waals surface area (Å²) < 4.78 is 10.2. The van der Waals surface area contributed by atoms with Gasteiger partial charge in [0.25, 0.3) is 0 Å². The van der Waals surface area contributed by atoms with Gasteiger partial charge in [-0.1, -0.05) is 17.8 Å². The van der Waals surface area contributed by atoms with Gasteiger partial charge in [0.2, 0.25) is 5.89 Å². The Morgan fingerprint density at radius 3 is 3.05 bits per heavy atom. The molecule has 1 aliphatic heterocycles. The minimum Gasteiger partial charge on any atom is -0.461 e. The molecule has 1 aromatic heterocycles. The highest BCUT2D eigenvalue weighted by molar-refractivity contribution is 6.00. The van der Waals surface area contributed by atoms with Crippen molar-refractivity contribution in [1.82, 2.24) is 10.2 Å². The third-order valence-corrected chi connectivity index (χ3v) is 2.83. The molecule has 1 fully saturated rings. The summed E-state index contributed by atoms with van der Waals surface area (Å²) >= 11 is 0. The van der Waals surface area contributed by atoms with Crippen LogP contribution in [0.25, 0.3) is 0 Å². The number of esters is 1. The molecule has 1 atom stereocenters. The van der Waals surface area contributed by atoms with E-state index in [4.69, 9.17) is 9.15 Å². The predicted octanol–water partition coefficient (Wildman–Crippen LogP) is 0.503. The molecule has 1 unspecified atom stereocenters. The van der Waals surface area contributed by atoms with Crippen molar-refractivity contribution in [2.24, 2.45) is 5.92 Å². The topological polar surface area (TPSA) is 85.5 Å². The lowest BCUT2D eigenvalue weighted by atomic mass is 9.97. The lowest BCUT2D eigenvalue weighted by Crippen LogP contribution is -2.45. The van der Waals surface area contributed by atoms with Crippen LogP contribution < -0.4 is 4.90 Å². The molecule has 0 bridgehead atoms. The second-order valence-corrected chi connectivity index (χ2v) is 4.24. The highest BCUT2D eigenvalue weighted by Crippen LogP contribution is 2.20. The number of hydrogen-bond acceptors (Lipinski definition) is 7.